The van der Waals surface area contributed by atoms with Crippen molar-refractivity contribution in [2.75, 3.05) is 0 Å². The zero-order valence-corrected chi connectivity index (χ0v) is 21.9. The van der Waals surface area contributed by atoms with E-state index in [1.54, 1.807) is 23.0 Å². The third-order valence-electron chi connectivity index (χ3n) is 6.74. The Morgan fingerprint density at radius 3 is 1.67 bits per heavy atom. The Labute approximate surface area is 227 Å². The molecule has 0 unspecified atom stereocenters. The maximum absolute atomic E-state index is 13.9. The fraction of sp³-hybridized carbons (Fsp3) is 0.103. The van der Waals surface area contributed by atoms with Crippen LogP contribution in [0.5, 0.6) is 0 Å². The van der Waals surface area contributed by atoms with Crippen molar-refractivity contribution >= 4 is 11.6 Å². The van der Waals surface area contributed by atoms with Crippen molar-refractivity contribution < 1.29 is 0 Å². The first-order chi connectivity index (χ1) is 18.9. The summed E-state index contributed by atoms with van der Waals surface area (Å²) in [5.41, 5.74) is 4.14. The molecule has 0 amide bonds. The average molecular weight is 538 g/mol. The number of H-pyrrole nitrogens is 2. The molecular weight excluding hydrogens is 514 g/mol. The van der Waals surface area contributed by atoms with Gasteiger partial charge < -0.3 is 0 Å². The molecule has 3 aromatic carbocycles. The van der Waals surface area contributed by atoms with Crippen LogP contribution in [-0.4, -0.2) is 34.6 Å². The molecule has 6 aromatic rings. The molecule has 39 heavy (non-hydrogen) atoms. The average Bonchev–Trinajstić information content (AvgIpc) is 3.64. The molecule has 0 atom stereocenters. The second kappa shape index (κ2) is 9.77. The zero-order chi connectivity index (χ0) is 27.1. The molecule has 0 aliphatic carbocycles. The molecular formula is C29H24ClN7O2. The normalized spacial score (nSPS) is 11.4. The number of para-hydroxylation sites is 2. The highest BCUT2D eigenvalue weighted by molar-refractivity contribution is 6.30. The third kappa shape index (κ3) is 4.32. The van der Waals surface area contributed by atoms with Gasteiger partial charge in [-0.2, -0.15) is 0 Å². The highest BCUT2D eigenvalue weighted by atomic mass is 35.5. The minimum atomic E-state index is -0.784. The summed E-state index contributed by atoms with van der Waals surface area (Å²) in [6.45, 7) is 3.65. The summed E-state index contributed by atoms with van der Waals surface area (Å²) in [4.78, 5) is 27.9. The van der Waals surface area contributed by atoms with Crippen molar-refractivity contribution in [2.24, 2.45) is 0 Å². The van der Waals surface area contributed by atoms with Crippen LogP contribution in [0.2, 0.25) is 5.02 Å². The summed E-state index contributed by atoms with van der Waals surface area (Å²) >= 11 is 6.06. The van der Waals surface area contributed by atoms with Gasteiger partial charge in [0.05, 0.1) is 46.0 Å². The van der Waals surface area contributed by atoms with E-state index >= 15 is 0 Å². The van der Waals surface area contributed by atoms with E-state index in [1.807, 2.05) is 86.6 Å². The Kier molecular flexibility index (Phi) is 6.12. The standard InChI is InChI=1S/C29H24ClN7O2/c1-18-25(28(38)36(32-18)22-9-5-3-6-10-22)27(24-17-35(34-31-24)21-15-13-20(30)14-16-21)26-19(2)33-37(29(26)39)23-11-7-4-8-12-23/h3-17,27,32-33H,1-2H3. The molecule has 0 saturated heterocycles. The van der Waals surface area contributed by atoms with Gasteiger partial charge in [0, 0.05) is 16.4 Å². The van der Waals surface area contributed by atoms with Crippen LogP contribution < -0.4 is 11.1 Å². The van der Waals surface area contributed by atoms with Crippen LogP contribution in [0.25, 0.3) is 17.1 Å². The lowest BCUT2D eigenvalue weighted by Crippen LogP contribution is -2.25. The summed E-state index contributed by atoms with van der Waals surface area (Å²) in [6, 6.07) is 25.8. The molecule has 0 bridgehead atoms. The smallest absolute Gasteiger partial charge is 0.275 e. The molecule has 0 fully saturated rings. The molecule has 2 N–H and O–H groups in total. The van der Waals surface area contributed by atoms with Crippen molar-refractivity contribution in [3.05, 3.63) is 145 Å². The van der Waals surface area contributed by atoms with Gasteiger partial charge in [0.15, 0.2) is 0 Å². The topological polar surface area (TPSA) is 106 Å². The Bertz CT molecular complexity index is 1780. The van der Waals surface area contributed by atoms with Gasteiger partial charge in [-0.15, -0.1) is 5.10 Å². The number of halogens is 1. The largest absolute Gasteiger partial charge is 0.295 e. The molecule has 0 spiro atoms. The maximum Gasteiger partial charge on any atom is 0.275 e. The van der Waals surface area contributed by atoms with E-state index in [0.717, 1.165) is 5.69 Å². The summed E-state index contributed by atoms with van der Waals surface area (Å²) in [5, 5.41) is 15.8. The number of aromatic nitrogens is 7. The molecule has 6 rings (SSSR count). The number of hydrogen-bond donors (Lipinski definition) is 2. The number of hydrogen-bond acceptors (Lipinski definition) is 4. The first-order valence-corrected chi connectivity index (χ1v) is 12.7. The molecule has 194 valence electrons. The number of aryl methyl sites for hydroxylation is 2. The molecule has 3 heterocycles. The van der Waals surface area contributed by atoms with Crippen molar-refractivity contribution in [3.8, 4) is 17.1 Å². The predicted molar refractivity (Wildman–Crippen MR) is 150 cm³/mol. The highest BCUT2D eigenvalue weighted by Gasteiger charge is 2.33. The predicted octanol–water partition coefficient (Wildman–Crippen LogP) is 4.68. The third-order valence-corrected chi connectivity index (χ3v) is 6.99. The van der Waals surface area contributed by atoms with Crippen LogP contribution in [0.4, 0.5) is 0 Å². The molecule has 9 nitrogen and oxygen atoms in total. The second-order valence-electron chi connectivity index (χ2n) is 9.25. The first-order valence-electron chi connectivity index (χ1n) is 12.3. The monoisotopic (exact) mass is 537 g/mol. The van der Waals surface area contributed by atoms with E-state index in [0.29, 0.717) is 44.6 Å². The summed E-state index contributed by atoms with van der Waals surface area (Å²) in [5.74, 6) is -0.784. The number of aromatic amines is 2. The van der Waals surface area contributed by atoms with Crippen molar-refractivity contribution in [3.63, 3.8) is 0 Å². The van der Waals surface area contributed by atoms with Crippen molar-refractivity contribution in [1.29, 1.82) is 0 Å². The second-order valence-corrected chi connectivity index (χ2v) is 9.69. The maximum atomic E-state index is 13.9. The van der Waals surface area contributed by atoms with E-state index < -0.39 is 5.92 Å². The van der Waals surface area contributed by atoms with E-state index in [1.165, 1.54) is 9.36 Å². The summed E-state index contributed by atoms with van der Waals surface area (Å²) < 4.78 is 4.58. The number of nitrogens with one attached hydrogen (secondary N) is 2. The Hall–Kier alpha value is -4.89. The van der Waals surface area contributed by atoms with Crippen LogP contribution in [0, 0.1) is 13.8 Å². The van der Waals surface area contributed by atoms with E-state index in [2.05, 4.69) is 20.5 Å². The fourth-order valence-electron chi connectivity index (χ4n) is 4.89. The van der Waals surface area contributed by atoms with Gasteiger partial charge in [0.2, 0.25) is 0 Å². The van der Waals surface area contributed by atoms with Gasteiger partial charge in [-0.1, -0.05) is 53.2 Å². The Morgan fingerprint density at radius 2 is 1.18 bits per heavy atom. The highest BCUT2D eigenvalue weighted by Crippen LogP contribution is 2.31. The van der Waals surface area contributed by atoms with E-state index in [-0.39, 0.29) is 11.1 Å². The quantitative estimate of drug-likeness (QED) is 0.322. The molecule has 0 aliphatic heterocycles. The minimum absolute atomic E-state index is 0.268. The van der Waals surface area contributed by atoms with Crippen molar-refractivity contribution in [2.45, 2.75) is 19.8 Å². The fourth-order valence-corrected chi connectivity index (χ4v) is 5.01. The van der Waals surface area contributed by atoms with Crippen LogP contribution >= 0.6 is 11.6 Å². The van der Waals surface area contributed by atoms with Gasteiger partial charge in [-0.3, -0.25) is 19.8 Å². The zero-order valence-electron chi connectivity index (χ0n) is 21.2. The van der Waals surface area contributed by atoms with E-state index in [9.17, 15) is 9.59 Å². The van der Waals surface area contributed by atoms with Gasteiger partial charge in [-0.05, 0) is 62.4 Å². The lowest BCUT2D eigenvalue weighted by molar-refractivity contribution is 0.789. The SMILES string of the molecule is Cc1[nH]n(-c2ccccc2)c(=O)c1C(c1cn(-c2ccc(Cl)cc2)nn1)c1c(C)[nH]n(-c2ccccc2)c1=O. The molecule has 10 heteroatoms. The number of nitrogens with zero attached hydrogens (tertiary/aromatic N) is 5. The first kappa shape index (κ1) is 24.4. The van der Waals surface area contributed by atoms with Gasteiger partial charge in [0.1, 0.15) is 0 Å². The van der Waals surface area contributed by atoms with Crippen LogP contribution in [0.3, 0.4) is 0 Å². The number of rotatable bonds is 6. The molecule has 0 radical (unpaired) electrons. The summed E-state index contributed by atoms with van der Waals surface area (Å²) in [7, 11) is 0. The van der Waals surface area contributed by atoms with Crippen LogP contribution in [0.15, 0.2) is 101 Å². The lowest BCUT2D eigenvalue weighted by Gasteiger charge is -2.12. The Morgan fingerprint density at radius 1 is 0.692 bits per heavy atom. The lowest BCUT2D eigenvalue weighted by atomic mass is 9.89. The molecule has 0 aliphatic rings. The number of benzene rings is 3. The van der Waals surface area contributed by atoms with E-state index in [4.69, 9.17) is 11.6 Å². The molecule has 0 saturated carbocycles. The van der Waals surface area contributed by atoms with Crippen LogP contribution in [0.1, 0.15) is 34.1 Å². The van der Waals surface area contributed by atoms with Gasteiger partial charge >= 0.3 is 0 Å². The van der Waals surface area contributed by atoms with Crippen molar-refractivity contribution in [1.82, 2.24) is 34.6 Å². The van der Waals surface area contributed by atoms with Crippen LogP contribution in [-0.2, 0) is 0 Å². The Balaban J connectivity index is 1.57. The minimum Gasteiger partial charge on any atom is -0.295 e. The molecule has 3 aromatic heterocycles. The van der Waals surface area contributed by atoms with Gasteiger partial charge in [0.25, 0.3) is 11.1 Å². The van der Waals surface area contributed by atoms with Gasteiger partial charge in [-0.25, -0.2) is 14.0 Å². The summed E-state index contributed by atoms with van der Waals surface area (Å²) in [6.07, 6.45) is 1.74.